The van der Waals surface area contributed by atoms with Gasteiger partial charge in [0.15, 0.2) is 12.4 Å². The normalized spacial score (nSPS) is 15.3. The fourth-order valence-electron chi connectivity index (χ4n) is 4.12. The van der Waals surface area contributed by atoms with Crippen molar-refractivity contribution >= 4 is 51.9 Å². The third-order valence-corrected chi connectivity index (χ3v) is 7.27. The van der Waals surface area contributed by atoms with Gasteiger partial charge in [-0.15, -0.1) is 11.8 Å². The molecule has 3 aromatic carbocycles. The van der Waals surface area contributed by atoms with Crippen molar-refractivity contribution < 1.29 is 28.7 Å². The molecule has 4 aromatic rings. The van der Waals surface area contributed by atoms with Crippen LogP contribution < -0.4 is 9.64 Å². The number of thioether (sulfide) groups is 1. The molecule has 2 amide bonds. The Morgan fingerprint density at radius 2 is 1.86 bits per heavy atom. The maximum atomic E-state index is 13.2. The smallest absolute Gasteiger partial charge is 0.339 e. The molecule has 1 atom stereocenters. The monoisotopic (exact) mass is 514 g/mol. The molecule has 1 saturated heterocycles. The van der Waals surface area contributed by atoms with Crippen molar-refractivity contribution in [3.63, 3.8) is 0 Å². The van der Waals surface area contributed by atoms with E-state index in [2.05, 4.69) is 4.98 Å². The zero-order chi connectivity index (χ0) is 25.9. The number of rotatable bonds is 8. The van der Waals surface area contributed by atoms with Gasteiger partial charge < -0.3 is 14.5 Å². The Balaban J connectivity index is 1.28. The number of Topliss-reactive ketones (excluding diaryl/α,β-unsaturated/α-hetero) is 1. The maximum absolute atomic E-state index is 13.2. The topological polar surface area (TPSA) is 106 Å². The van der Waals surface area contributed by atoms with E-state index in [1.54, 1.807) is 66.9 Å². The molecule has 9 heteroatoms. The lowest BCUT2D eigenvalue weighted by Crippen LogP contribution is -2.31. The van der Waals surface area contributed by atoms with Gasteiger partial charge in [0.05, 0.1) is 23.6 Å². The molecular formula is C28H22N2O6S. The summed E-state index contributed by atoms with van der Waals surface area (Å²) < 4.78 is 10.4. The largest absolute Gasteiger partial charge is 0.497 e. The Morgan fingerprint density at radius 1 is 1.03 bits per heavy atom. The molecule has 8 nitrogen and oxygen atoms in total. The maximum Gasteiger partial charge on any atom is 0.339 e. The predicted molar refractivity (Wildman–Crippen MR) is 139 cm³/mol. The number of carbonyl (C=O) groups is 4. The van der Waals surface area contributed by atoms with Gasteiger partial charge in [-0.25, -0.2) is 9.69 Å². The second-order valence-corrected chi connectivity index (χ2v) is 9.60. The lowest BCUT2D eigenvalue weighted by atomic mass is 10.1. The zero-order valence-electron chi connectivity index (χ0n) is 19.8. The molecule has 1 aromatic heterocycles. The number of carbonyl (C=O) groups excluding carboxylic acids is 4. The molecule has 5 rings (SSSR count). The van der Waals surface area contributed by atoms with E-state index in [9.17, 15) is 19.2 Å². The van der Waals surface area contributed by atoms with E-state index in [0.29, 0.717) is 21.9 Å². The summed E-state index contributed by atoms with van der Waals surface area (Å²) >= 11 is 1.14. The van der Waals surface area contributed by atoms with Gasteiger partial charge in [-0.1, -0.05) is 30.3 Å². The van der Waals surface area contributed by atoms with Crippen LogP contribution in [0.2, 0.25) is 0 Å². The van der Waals surface area contributed by atoms with Crippen LogP contribution in [-0.4, -0.2) is 47.5 Å². The second-order valence-electron chi connectivity index (χ2n) is 8.35. The number of methoxy groups -OCH3 is 1. The van der Waals surface area contributed by atoms with Gasteiger partial charge in [-0.05, 0) is 47.9 Å². The van der Waals surface area contributed by atoms with E-state index in [1.165, 1.54) is 12.0 Å². The van der Waals surface area contributed by atoms with Gasteiger partial charge in [0.2, 0.25) is 11.8 Å². The summed E-state index contributed by atoms with van der Waals surface area (Å²) in [6.45, 7) is -0.444. The van der Waals surface area contributed by atoms with Crippen molar-refractivity contribution in [2.75, 3.05) is 18.6 Å². The molecule has 0 bridgehead atoms. The van der Waals surface area contributed by atoms with Crippen molar-refractivity contribution in [2.45, 2.75) is 16.6 Å². The number of nitrogens with one attached hydrogen (secondary N) is 1. The Bertz CT molecular complexity index is 1530. The Labute approximate surface area is 216 Å². The predicted octanol–water partition coefficient (Wildman–Crippen LogP) is 4.64. The number of amides is 2. The minimum absolute atomic E-state index is 0.00394. The third kappa shape index (κ3) is 4.99. The van der Waals surface area contributed by atoms with E-state index in [1.807, 2.05) is 12.1 Å². The third-order valence-electron chi connectivity index (χ3n) is 6.00. The van der Waals surface area contributed by atoms with E-state index in [0.717, 1.165) is 22.7 Å². The molecule has 1 aliphatic heterocycles. The zero-order valence-corrected chi connectivity index (χ0v) is 20.6. The highest BCUT2D eigenvalue weighted by molar-refractivity contribution is 8.00. The summed E-state index contributed by atoms with van der Waals surface area (Å²) in [5, 5.41) is 0.283. The molecule has 1 unspecified atom stereocenters. The number of hydrogen-bond donors (Lipinski definition) is 1. The highest BCUT2D eigenvalue weighted by Crippen LogP contribution is 2.36. The SMILES string of the molecule is COc1cccc(C(=O)COC(=O)c2ccccc2SC2CC(=O)N(c3ccc4cc[nH]c4c3)C2=O)c1. The van der Waals surface area contributed by atoms with Crippen molar-refractivity contribution in [2.24, 2.45) is 0 Å². The number of H-pyrrole nitrogens is 1. The lowest BCUT2D eigenvalue weighted by molar-refractivity contribution is -0.121. The number of benzene rings is 3. The Hall–Kier alpha value is -4.37. The van der Waals surface area contributed by atoms with Gasteiger partial charge in [0.1, 0.15) is 5.75 Å². The number of ketones is 1. The molecule has 0 spiro atoms. The molecular weight excluding hydrogens is 492 g/mol. The van der Waals surface area contributed by atoms with Crippen LogP contribution in [0.15, 0.2) is 83.9 Å². The van der Waals surface area contributed by atoms with Gasteiger partial charge >= 0.3 is 5.97 Å². The average Bonchev–Trinajstić information content (AvgIpc) is 3.50. The number of fused-ring (bicyclic) bond motifs is 1. The minimum Gasteiger partial charge on any atom is -0.497 e. The van der Waals surface area contributed by atoms with Crippen LogP contribution >= 0.6 is 11.8 Å². The molecule has 37 heavy (non-hydrogen) atoms. The highest BCUT2D eigenvalue weighted by atomic mass is 32.2. The number of esters is 1. The quantitative estimate of drug-likeness (QED) is 0.207. The van der Waals surface area contributed by atoms with Gasteiger partial charge in [0.25, 0.3) is 0 Å². The number of ether oxygens (including phenoxy) is 2. The molecule has 1 aliphatic rings. The first kappa shape index (κ1) is 24.3. The Kier molecular flexibility index (Phi) is 6.78. The van der Waals surface area contributed by atoms with Crippen molar-refractivity contribution in [1.82, 2.24) is 4.98 Å². The standard InChI is InChI=1S/C28H22N2O6S/c1-35-20-6-4-5-18(13-20)23(31)16-36-28(34)21-7-2-3-8-24(21)37-25-15-26(32)30(27(25)33)19-10-9-17-11-12-29-22(17)14-19/h2-14,25,29H,15-16H2,1H3. The lowest BCUT2D eigenvalue weighted by Gasteiger charge is -2.16. The van der Waals surface area contributed by atoms with Crippen LogP contribution in [0, 0.1) is 0 Å². The van der Waals surface area contributed by atoms with Crippen LogP contribution in [0.5, 0.6) is 5.75 Å². The summed E-state index contributed by atoms with van der Waals surface area (Å²) in [6.07, 6.45) is 1.80. The fourth-order valence-corrected chi connectivity index (χ4v) is 5.30. The van der Waals surface area contributed by atoms with E-state index in [4.69, 9.17) is 9.47 Å². The number of nitrogens with zero attached hydrogens (tertiary/aromatic N) is 1. The van der Waals surface area contributed by atoms with E-state index >= 15 is 0 Å². The van der Waals surface area contributed by atoms with Crippen LogP contribution in [0.25, 0.3) is 10.9 Å². The second kappa shape index (κ2) is 10.3. The van der Waals surface area contributed by atoms with Gasteiger partial charge in [0, 0.05) is 28.6 Å². The molecule has 186 valence electrons. The summed E-state index contributed by atoms with van der Waals surface area (Å²) in [6, 6.07) is 20.5. The first-order valence-electron chi connectivity index (χ1n) is 11.5. The Morgan fingerprint density at radius 3 is 2.70 bits per heavy atom. The minimum atomic E-state index is -0.695. The number of imide groups is 1. The summed E-state index contributed by atoms with van der Waals surface area (Å²) in [5.41, 5.74) is 1.91. The molecule has 1 fully saturated rings. The number of hydrogen-bond acceptors (Lipinski definition) is 7. The van der Waals surface area contributed by atoms with Crippen LogP contribution in [-0.2, 0) is 14.3 Å². The van der Waals surface area contributed by atoms with Gasteiger partial charge in [-0.3, -0.25) is 14.4 Å². The molecule has 0 saturated carbocycles. The number of aromatic amines is 1. The molecule has 2 heterocycles. The molecule has 0 aliphatic carbocycles. The van der Waals surface area contributed by atoms with Crippen molar-refractivity contribution in [3.05, 3.63) is 90.1 Å². The van der Waals surface area contributed by atoms with E-state index < -0.39 is 17.8 Å². The van der Waals surface area contributed by atoms with E-state index in [-0.39, 0.29) is 29.6 Å². The number of anilines is 1. The summed E-state index contributed by atoms with van der Waals surface area (Å²) in [7, 11) is 1.50. The van der Waals surface area contributed by atoms with Crippen molar-refractivity contribution in [3.8, 4) is 5.75 Å². The molecule has 0 radical (unpaired) electrons. The van der Waals surface area contributed by atoms with Crippen LogP contribution in [0.3, 0.4) is 0 Å². The van der Waals surface area contributed by atoms with Gasteiger partial charge in [-0.2, -0.15) is 0 Å². The van der Waals surface area contributed by atoms with Crippen molar-refractivity contribution in [1.29, 1.82) is 0 Å². The summed E-state index contributed by atoms with van der Waals surface area (Å²) in [4.78, 5) is 56.1. The van der Waals surface area contributed by atoms with Crippen LogP contribution in [0.1, 0.15) is 27.1 Å². The van der Waals surface area contributed by atoms with Crippen LogP contribution in [0.4, 0.5) is 5.69 Å². The highest BCUT2D eigenvalue weighted by Gasteiger charge is 2.40. The molecule has 1 N–H and O–H groups in total. The fraction of sp³-hybridized carbons (Fsp3) is 0.143. The number of aromatic nitrogens is 1. The summed E-state index contributed by atoms with van der Waals surface area (Å²) in [5.74, 6) is -1.19. The average molecular weight is 515 g/mol. The first-order valence-corrected chi connectivity index (χ1v) is 12.4. The first-order chi connectivity index (χ1) is 17.9.